The van der Waals surface area contributed by atoms with Crippen molar-refractivity contribution in [3.05, 3.63) is 70.6 Å². The van der Waals surface area contributed by atoms with Crippen molar-refractivity contribution in [3.8, 4) is 0 Å². The molecule has 4 rings (SSSR count). The van der Waals surface area contributed by atoms with Gasteiger partial charge in [-0.2, -0.15) is 0 Å². The van der Waals surface area contributed by atoms with Gasteiger partial charge in [0.2, 0.25) is 0 Å². The average Bonchev–Trinajstić information content (AvgIpc) is 3.07. The third-order valence-corrected chi connectivity index (χ3v) is 5.49. The smallest absolute Gasteiger partial charge is 0.307 e. The van der Waals surface area contributed by atoms with E-state index in [0.717, 1.165) is 53.9 Å². The predicted octanol–water partition coefficient (Wildman–Crippen LogP) is 5.26. The Morgan fingerprint density at radius 3 is 2.72 bits per heavy atom. The quantitative estimate of drug-likeness (QED) is 0.640. The third-order valence-electron chi connectivity index (χ3n) is 5.49. The SMILES string of the molecule is Cc1nc2c(ccn2Cc2ccc(F)c(F)c2)c(C2=CCCCC2)c1CC(=O)O. The monoisotopic (exact) mass is 396 g/mol. The van der Waals surface area contributed by atoms with Crippen LogP contribution in [-0.2, 0) is 17.8 Å². The van der Waals surface area contributed by atoms with Crippen LogP contribution in [0.15, 0.2) is 36.5 Å². The summed E-state index contributed by atoms with van der Waals surface area (Å²) in [5.41, 5.74) is 4.94. The zero-order valence-electron chi connectivity index (χ0n) is 16.2. The van der Waals surface area contributed by atoms with E-state index < -0.39 is 17.6 Å². The van der Waals surface area contributed by atoms with Crippen molar-refractivity contribution in [1.82, 2.24) is 9.55 Å². The molecule has 2 heterocycles. The van der Waals surface area contributed by atoms with Crippen LogP contribution in [0, 0.1) is 18.6 Å². The van der Waals surface area contributed by atoms with Crippen molar-refractivity contribution < 1.29 is 18.7 Å². The number of fused-ring (bicyclic) bond motifs is 1. The van der Waals surface area contributed by atoms with E-state index in [1.807, 2.05) is 23.8 Å². The maximum absolute atomic E-state index is 13.6. The number of aryl methyl sites for hydroxylation is 1. The molecule has 0 saturated carbocycles. The second-order valence-corrected chi connectivity index (χ2v) is 7.53. The Bertz CT molecular complexity index is 1130. The molecule has 4 nitrogen and oxygen atoms in total. The molecule has 0 fully saturated rings. The van der Waals surface area contributed by atoms with Gasteiger partial charge in [0.1, 0.15) is 5.65 Å². The van der Waals surface area contributed by atoms with Gasteiger partial charge < -0.3 is 9.67 Å². The Morgan fingerprint density at radius 2 is 2.03 bits per heavy atom. The standard InChI is InChI=1S/C23H22F2N2O2/c1-14-18(12-21(28)29)22(16-5-3-2-4-6-16)17-9-10-27(23(17)26-14)13-15-7-8-19(24)20(25)11-15/h5,7-11H,2-4,6,12-13H2,1H3,(H,28,29). The van der Waals surface area contributed by atoms with Crippen LogP contribution in [0.4, 0.5) is 8.78 Å². The van der Waals surface area contributed by atoms with Crippen molar-refractivity contribution in [2.75, 3.05) is 0 Å². The molecule has 1 aliphatic carbocycles. The van der Waals surface area contributed by atoms with E-state index in [0.29, 0.717) is 17.8 Å². The van der Waals surface area contributed by atoms with Gasteiger partial charge in [-0.1, -0.05) is 12.1 Å². The van der Waals surface area contributed by atoms with Crippen LogP contribution in [0.2, 0.25) is 0 Å². The van der Waals surface area contributed by atoms with Crippen LogP contribution in [0.25, 0.3) is 16.6 Å². The van der Waals surface area contributed by atoms with Gasteiger partial charge in [0.05, 0.1) is 6.42 Å². The molecule has 0 radical (unpaired) electrons. The number of pyridine rings is 1. The Hall–Kier alpha value is -3.02. The molecule has 1 aliphatic rings. The minimum atomic E-state index is -0.881. The second kappa shape index (κ2) is 7.78. The zero-order valence-corrected chi connectivity index (χ0v) is 16.2. The molecule has 0 unspecified atom stereocenters. The Morgan fingerprint density at radius 1 is 1.21 bits per heavy atom. The largest absolute Gasteiger partial charge is 0.481 e. The van der Waals surface area contributed by atoms with Crippen LogP contribution in [0.3, 0.4) is 0 Å². The molecule has 0 spiro atoms. The van der Waals surface area contributed by atoms with Crippen LogP contribution in [-0.4, -0.2) is 20.6 Å². The fourth-order valence-electron chi connectivity index (χ4n) is 4.12. The number of carboxylic acids is 1. The Labute approximate surface area is 167 Å². The summed E-state index contributed by atoms with van der Waals surface area (Å²) in [6.45, 7) is 2.18. The summed E-state index contributed by atoms with van der Waals surface area (Å²) < 4.78 is 28.7. The Kier molecular flexibility index (Phi) is 5.18. The molecule has 0 saturated heterocycles. The molecule has 0 bridgehead atoms. The maximum atomic E-state index is 13.6. The number of allylic oxidation sites excluding steroid dienone is 2. The number of aliphatic carboxylic acids is 1. The Balaban J connectivity index is 1.85. The number of rotatable bonds is 5. The molecule has 1 N–H and O–H groups in total. The van der Waals surface area contributed by atoms with Gasteiger partial charge in [0.15, 0.2) is 11.6 Å². The minimum Gasteiger partial charge on any atom is -0.481 e. The number of nitrogens with zero attached hydrogens (tertiary/aromatic N) is 2. The lowest BCUT2D eigenvalue weighted by Crippen LogP contribution is -2.10. The first-order chi connectivity index (χ1) is 13.9. The van der Waals surface area contributed by atoms with E-state index in [9.17, 15) is 18.7 Å². The van der Waals surface area contributed by atoms with E-state index in [-0.39, 0.29) is 6.42 Å². The lowest BCUT2D eigenvalue weighted by Gasteiger charge is -2.19. The number of halogens is 2. The molecule has 0 atom stereocenters. The highest BCUT2D eigenvalue weighted by molar-refractivity contribution is 5.94. The van der Waals surface area contributed by atoms with E-state index in [4.69, 9.17) is 0 Å². The molecule has 29 heavy (non-hydrogen) atoms. The first-order valence-corrected chi connectivity index (χ1v) is 9.77. The van der Waals surface area contributed by atoms with Gasteiger partial charge in [-0.25, -0.2) is 13.8 Å². The van der Waals surface area contributed by atoms with Crippen molar-refractivity contribution in [2.24, 2.45) is 0 Å². The van der Waals surface area contributed by atoms with Crippen molar-refractivity contribution >= 4 is 22.6 Å². The molecular formula is C23H22F2N2O2. The summed E-state index contributed by atoms with van der Waals surface area (Å²) in [7, 11) is 0. The number of aromatic nitrogens is 2. The van der Waals surface area contributed by atoms with Crippen molar-refractivity contribution in [2.45, 2.75) is 45.6 Å². The van der Waals surface area contributed by atoms with Gasteiger partial charge >= 0.3 is 5.97 Å². The van der Waals surface area contributed by atoms with Crippen LogP contribution >= 0.6 is 0 Å². The van der Waals surface area contributed by atoms with Crippen LogP contribution in [0.5, 0.6) is 0 Å². The lowest BCUT2D eigenvalue weighted by atomic mass is 9.88. The molecule has 3 aromatic rings. The highest BCUT2D eigenvalue weighted by Crippen LogP contribution is 2.36. The summed E-state index contributed by atoms with van der Waals surface area (Å²) in [5, 5.41) is 10.3. The fraction of sp³-hybridized carbons (Fsp3) is 0.304. The molecule has 150 valence electrons. The molecule has 2 aromatic heterocycles. The summed E-state index contributed by atoms with van der Waals surface area (Å²) >= 11 is 0. The zero-order chi connectivity index (χ0) is 20.5. The topological polar surface area (TPSA) is 55.1 Å². The van der Waals surface area contributed by atoms with Gasteiger partial charge in [0, 0.05) is 23.8 Å². The van der Waals surface area contributed by atoms with Crippen LogP contribution < -0.4 is 0 Å². The summed E-state index contributed by atoms with van der Waals surface area (Å²) in [6.07, 6.45) is 8.13. The summed E-state index contributed by atoms with van der Waals surface area (Å²) in [4.78, 5) is 16.2. The van der Waals surface area contributed by atoms with E-state index in [1.54, 1.807) is 6.07 Å². The number of carbonyl (C=O) groups is 1. The van der Waals surface area contributed by atoms with E-state index in [2.05, 4.69) is 11.1 Å². The van der Waals surface area contributed by atoms with Gasteiger partial charge in [0.25, 0.3) is 0 Å². The average molecular weight is 396 g/mol. The summed E-state index contributed by atoms with van der Waals surface area (Å²) in [6, 6.07) is 5.81. The lowest BCUT2D eigenvalue weighted by molar-refractivity contribution is -0.136. The number of hydrogen-bond donors (Lipinski definition) is 1. The van der Waals surface area contributed by atoms with Gasteiger partial charge in [-0.05, 0) is 73.1 Å². The third kappa shape index (κ3) is 3.79. The van der Waals surface area contributed by atoms with Gasteiger partial charge in [-0.15, -0.1) is 0 Å². The number of benzene rings is 1. The number of carboxylic acid groups (broad SMARTS) is 1. The molecule has 0 amide bonds. The molecule has 6 heteroatoms. The first-order valence-electron chi connectivity index (χ1n) is 9.77. The fourth-order valence-corrected chi connectivity index (χ4v) is 4.12. The first kappa shape index (κ1) is 19.3. The number of hydrogen-bond acceptors (Lipinski definition) is 2. The molecule has 0 aliphatic heterocycles. The predicted molar refractivity (Wildman–Crippen MR) is 108 cm³/mol. The molecule has 1 aromatic carbocycles. The van der Waals surface area contributed by atoms with Crippen molar-refractivity contribution in [1.29, 1.82) is 0 Å². The second-order valence-electron chi connectivity index (χ2n) is 7.53. The summed E-state index contributed by atoms with van der Waals surface area (Å²) in [5.74, 6) is -2.63. The highest BCUT2D eigenvalue weighted by Gasteiger charge is 2.21. The minimum absolute atomic E-state index is 0.0736. The maximum Gasteiger partial charge on any atom is 0.307 e. The highest BCUT2D eigenvalue weighted by atomic mass is 19.2. The molecular weight excluding hydrogens is 374 g/mol. The normalized spacial score (nSPS) is 14.2. The van der Waals surface area contributed by atoms with E-state index >= 15 is 0 Å². The van der Waals surface area contributed by atoms with Gasteiger partial charge in [-0.3, -0.25) is 4.79 Å². The van der Waals surface area contributed by atoms with Crippen molar-refractivity contribution in [3.63, 3.8) is 0 Å². The van der Waals surface area contributed by atoms with Crippen LogP contribution in [0.1, 0.15) is 48.1 Å². The van der Waals surface area contributed by atoms with E-state index in [1.165, 1.54) is 11.6 Å².